The van der Waals surface area contributed by atoms with Crippen molar-refractivity contribution in [2.75, 3.05) is 13.1 Å². The smallest absolute Gasteiger partial charge is 0.322 e. The maximum Gasteiger partial charge on any atom is 0.322 e. The summed E-state index contributed by atoms with van der Waals surface area (Å²) in [5.74, 6) is -2.15. The molecule has 98 valence electrons. The van der Waals surface area contributed by atoms with Crippen LogP contribution in [0.15, 0.2) is 0 Å². The van der Waals surface area contributed by atoms with E-state index in [1.54, 1.807) is 0 Å². The molecule has 0 saturated carbocycles. The molecule has 0 aromatic heterocycles. The highest BCUT2D eigenvalue weighted by molar-refractivity contribution is 8.01. The van der Waals surface area contributed by atoms with Gasteiger partial charge in [0, 0.05) is 5.25 Å². The van der Waals surface area contributed by atoms with Gasteiger partial charge in [-0.3, -0.25) is 14.4 Å². The average molecular weight is 263 g/mol. The van der Waals surface area contributed by atoms with Crippen LogP contribution in [0.2, 0.25) is 0 Å². The first-order valence-electron chi connectivity index (χ1n) is 5.01. The van der Waals surface area contributed by atoms with Crippen molar-refractivity contribution in [3.63, 3.8) is 0 Å². The summed E-state index contributed by atoms with van der Waals surface area (Å²) in [4.78, 5) is 33.0. The standard InChI is InChI=1S/C9H17N3O4S/c1-5(2)17-9(12-6(13)3-10)8(16)11-4-7(14)15/h5,9H,3-4,10H2,1-2H3,(H,11,16)(H,12,13)(H,14,15). The van der Waals surface area contributed by atoms with E-state index in [0.29, 0.717) is 0 Å². The fraction of sp³-hybridized carbons (Fsp3) is 0.667. The molecule has 0 aromatic rings. The lowest BCUT2D eigenvalue weighted by Crippen LogP contribution is -2.48. The zero-order chi connectivity index (χ0) is 13.4. The maximum atomic E-state index is 11.6. The fourth-order valence-corrected chi connectivity index (χ4v) is 1.84. The van der Waals surface area contributed by atoms with Crippen molar-refractivity contribution in [1.82, 2.24) is 10.6 Å². The van der Waals surface area contributed by atoms with Crippen molar-refractivity contribution in [1.29, 1.82) is 0 Å². The van der Waals surface area contributed by atoms with Gasteiger partial charge in [-0.25, -0.2) is 0 Å². The molecule has 1 atom stereocenters. The summed E-state index contributed by atoms with van der Waals surface area (Å²) in [5, 5.41) is 12.3. The molecule has 0 aromatic carbocycles. The Balaban J connectivity index is 4.39. The minimum absolute atomic E-state index is 0.105. The van der Waals surface area contributed by atoms with Crippen molar-refractivity contribution in [2.24, 2.45) is 5.73 Å². The van der Waals surface area contributed by atoms with Gasteiger partial charge in [0.15, 0.2) is 5.37 Å². The predicted molar refractivity (Wildman–Crippen MR) is 64.4 cm³/mol. The van der Waals surface area contributed by atoms with E-state index in [4.69, 9.17) is 10.8 Å². The predicted octanol–water partition coefficient (Wildman–Crippen LogP) is -1.27. The zero-order valence-electron chi connectivity index (χ0n) is 9.73. The SMILES string of the molecule is CC(C)SC(NC(=O)CN)C(=O)NCC(=O)O. The van der Waals surface area contributed by atoms with Crippen LogP contribution >= 0.6 is 11.8 Å². The van der Waals surface area contributed by atoms with Crippen LogP contribution in [0, 0.1) is 0 Å². The number of thioether (sulfide) groups is 1. The van der Waals surface area contributed by atoms with Gasteiger partial charge in [-0.15, -0.1) is 11.8 Å². The van der Waals surface area contributed by atoms with Gasteiger partial charge in [0.1, 0.15) is 6.54 Å². The quantitative estimate of drug-likeness (QED) is 0.425. The van der Waals surface area contributed by atoms with Gasteiger partial charge in [0.05, 0.1) is 6.54 Å². The topological polar surface area (TPSA) is 122 Å². The fourth-order valence-electron chi connectivity index (χ4n) is 0.894. The molecular formula is C9H17N3O4S. The molecule has 5 N–H and O–H groups in total. The van der Waals surface area contributed by atoms with E-state index in [0.717, 1.165) is 0 Å². The van der Waals surface area contributed by atoms with E-state index in [1.807, 2.05) is 13.8 Å². The Morgan fingerprint density at radius 1 is 1.35 bits per heavy atom. The Hall–Kier alpha value is -1.28. The summed E-state index contributed by atoms with van der Waals surface area (Å²) < 4.78 is 0. The second kappa shape index (κ2) is 7.91. The number of rotatable bonds is 7. The highest BCUT2D eigenvalue weighted by atomic mass is 32.2. The Morgan fingerprint density at radius 2 is 1.94 bits per heavy atom. The van der Waals surface area contributed by atoms with Crippen LogP contribution in [0.25, 0.3) is 0 Å². The van der Waals surface area contributed by atoms with E-state index in [1.165, 1.54) is 11.8 Å². The second-order valence-electron chi connectivity index (χ2n) is 3.45. The van der Waals surface area contributed by atoms with Gasteiger partial charge in [0.2, 0.25) is 5.91 Å². The minimum atomic E-state index is -1.14. The van der Waals surface area contributed by atoms with Crippen molar-refractivity contribution in [2.45, 2.75) is 24.5 Å². The highest BCUT2D eigenvalue weighted by Crippen LogP contribution is 2.15. The zero-order valence-corrected chi connectivity index (χ0v) is 10.5. The van der Waals surface area contributed by atoms with E-state index >= 15 is 0 Å². The molecule has 0 bridgehead atoms. The molecule has 0 aliphatic carbocycles. The third-order valence-electron chi connectivity index (χ3n) is 1.54. The summed E-state index contributed by atoms with van der Waals surface area (Å²) in [7, 11) is 0. The molecule has 0 rings (SSSR count). The molecule has 8 heteroatoms. The maximum absolute atomic E-state index is 11.6. The summed E-state index contributed by atoms with van der Waals surface area (Å²) in [5.41, 5.74) is 5.13. The molecule has 0 saturated heterocycles. The number of nitrogens with one attached hydrogen (secondary N) is 2. The largest absolute Gasteiger partial charge is 0.480 e. The first kappa shape index (κ1) is 15.7. The number of carbonyl (C=O) groups is 3. The number of nitrogens with two attached hydrogens (primary N) is 1. The van der Waals surface area contributed by atoms with Gasteiger partial charge in [-0.1, -0.05) is 13.8 Å². The summed E-state index contributed by atoms with van der Waals surface area (Å²) in [6, 6.07) is 0. The van der Waals surface area contributed by atoms with Gasteiger partial charge in [0.25, 0.3) is 5.91 Å². The van der Waals surface area contributed by atoms with Crippen LogP contribution in [-0.4, -0.2) is 46.6 Å². The van der Waals surface area contributed by atoms with E-state index < -0.39 is 29.7 Å². The van der Waals surface area contributed by atoms with Gasteiger partial charge < -0.3 is 21.5 Å². The first-order valence-corrected chi connectivity index (χ1v) is 5.95. The van der Waals surface area contributed by atoms with Crippen molar-refractivity contribution in [3.05, 3.63) is 0 Å². The van der Waals surface area contributed by atoms with Crippen LogP contribution in [0.4, 0.5) is 0 Å². The normalized spacial score (nSPS) is 12.0. The van der Waals surface area contributed by atoms with Crippen LogP contribution in [0.5, 0.6) is 0 Å². The molecule has 1 unspecified atom stereocenters. The Bertz CT molecular complexity index is 296. The summed E-state index contributed by atoms with van der Waals surface area (Å²) in [6.07, 6.45) is 0. The molecule has 0 radical (unpaired) electrons. The third-order valence-corrected chi connectivity index (χ3v) is 2.69. The molecule has 0 aliphatic heterocycles. The first-order chi connectivity index (χ1) is 7.86. The van der Waals surface area contributed by atoms with E-state index in [2.05, 4.69) is 10.6 Å². The molecular weight excluding hydrogens is 246 g/mol. The Labute approximate surface area is 104 Å². The molecule has 0 spiro atoms. The summed E-state index contributed by atoms with van der Waals surface area (Å²) >= 11 is 1.21. The molecule has 0 fully saturated rings. The number of carboxylic acid groups (broad SMARTS) is 1. The molecule has 7 nitrogen and oxygen atoms in total. The van der Waals surface area contributed by atoms with Crippen LogP contribution in [0.1, 0.15) is 13.8 Å². The second-order valence-corrected chi connectivity index (χ2v) is 5.13. The van der Waals surface area contributed by atoms with Crippen LogP contribution < -0.4 is 16.4 Å². The monoisotopic (exact) mass is 263 g/mol. The van der Waals surface area contributed by atoms with Crippen LogP contribution in [-0.2, 0) is 14.4 Å². The lowest BCUT2D eigenvalue weighted by molar-refractivity contribution is -0.138. The number of aliphatic carboxylic acids is 1. The van der Waals surface area contributed by atoms with Gasteiger partial charge in [-0.2, -0.15) is 0 Å². The van der Waals surface area contributed by atoms with Gasteiger partial charge in [-0.05, 0) is 0 Å². The van der Waals surface area contributed by atoms with Gasteiger partial charge >= 0.3 is 5.97 Å². The number of amides is 2. The van der Waals surface area contributed by atoms with E-state index in [9.17, 15) is 14.4 Å². The van der Waals surface area contributed by atoms with Crippen molar-refractivity contribution >= 4 is 29.5 Å². The lowest BCUT2D eigenvalue weighted by Gasteiger charge is -2.18. The Morgan fingerprint density at radius 3 is 2.35 bits per heavy atom. The average Bonchev–Trinajstić information content (AvgIpc) is 2.23. The number of hydrogen-bond acceptors (Lipinski definition) is 5. The van der Waals surface area contributed by atoms with Crippen LogP contribution in [0.3, 0.4) is 0 Å². The molecule has 0 aliphatic rings. The lowest BCUT2D eigenvalue weighted by atomic mass is 10.5. The van der Waals surface area contributed by atoms with E-state index in [-0.39, 0.29) is 11.8 Å². The van der Waals surface area contributed by atoms with Crippen molar-refractivity contribution < 1.29 is 19.5 Å². The molecule has 2 amide bonds. The Kier molecular flexibility index (Phi) is 7.31. The third kappa shape index (κ3) is 7.58. The number of carboxylic acids is 1. The summed E-state index contributed by atoms with van der Waals surface area (Å²) in [6.45, 7) is 3.02. The highest BCUT2D eigenvalue weighted by Gasteiger charge is 2.22. The minimum Gasteiger partial charge on any atom is -0.480 e. The molecule has 0 heterocycles. The number of carbonyl (C=O) groups excluding carboxylic acids is 2. The van der Waals surface area contributed by atoms with Crippen molar-refractivity contribution in [3.8, 4) is 0 Å². The number of hydrogen-bond donors (Lipinski definition) is 4. The molecule has 17 heavy (non-hydrogen) atoms.